The summed E-state index contributed by atoms with van der Waals surface area (Å²) in [6, 6.07) is 2.74. The second kappa shape index (κ2) is 11.6. The molecule has 0 atom stereocenters. The van der Waals surface area contributed by atoms with E-state index in [4.69, 9.17) is 10.2 Å². The van der Waals surface area contributed by atoms with Crippen LogP contribution < -0.4 is 0 Å². The molecule has 1 aromatic rings. The molecule has 0 bridgehead atoms. The molecule has 1 heterocycles. The van der Waals surface area contributed by atoms with Crippen molar-refractivity contribution < 1.29 is 38.9 Å². The number of carbonyl (C=O) groups excluding carboxylic acids is 2. The van der Waals surface area contributed by atoms with Gasteiger partial charge in [0.15, 0.2) is 5.92 Å². The third kappa shape index (κ3) is 8.47. The largest absolute Gasteiger partial charge is 0.480 e. The fourth-order valence-electron chi connectivity index (χ4n) is 1.49. The van der Waals surface area contributed by atoms with Gasteiger partial charge < -0.3 is 19.7 Å². The number of aliphatic carboxylic acids is 2. The van der Waals surface area contributed by atoms with Crippen molar-refractivity contribution in [2.24, 2.45) is 0 Å². The van der Waals surface area contributed by atoms with Gasteiger partial charge in [-0.25, -0.2) is 0 Å². The van der Waals surface area contributed by atoms with Gasteiger partial charge in [-0.3, -0.25) is 24.2 Å². The number of pyridine rings is 1. The number of rotatable bonds is 7. The van der Waals surface area contributed by atoms with Crippen molar-refractivity contribution in [2.45, 2.75) is 26.2 Å². The number of carboxylic acid groups (broad SMARTS) is 2. The summed E-state index contributed by atoms with van der Waals surface area (Å²) in [5, 5.41) is 17.2. The molecule has 0 saturated carbocycles. The summed E-state index contributed by atoms with van der Waals surface area (Å²) in [7, 11) is 0. The fraction of sp³-hybridized carbons (Fsp3) is 0.400. The van der Waals surface area contributed by atoms with Crippen molar-refractivity contribution in [2.75, 3.05) is 13.2 Å². The molecule has 2 N–H and O–H groups in total. The zero-order chi connectivity index (χ0) is 18.5. The van der Waals surface area contributed by atoms with Crippen molar-refractivity contribution in [1.82, 2.24) is 4.98 Å². The second-order valence-corrected chi connectivity index (χ2v) is 4.18. The van der Waals surface area contributed by atoms with Crippen molar-refractivity contribution in [3.8, 4) is 0 Å². The first-order chi connectivity index (χ1) is 11.3. The number of carboxylic acids is 2. The maximum atomic E-state index is 10.6. The Kier molecular flexibility index (Phi) is 10.1. The van der Waals surface area contributed by atoms with Gasteiger partial charge in [-0.2, -0.15) is 0 Å². The molecular weight excluding hydrogens is 322 g/mol. The fourth-order valence-corrected chi connectivity index (χ4v) is 1.49. The van der Waals surface area contributed by atoms with Crippen molar-refractivity contribution in [3.05, 3.63) is 30.1 Å². The third-order valence-corrected chi connectivity index (χ3v) is 2.43. The number of ether oxygens (including phenoxy) is 2. The molecule has 0 spiro atoms. The van der Waals surface area contributed by atoms with E-state index in [1.54, 1.807) is 13.8 Å². The molecular formula is C15H19NO8. The van der Waals surface area contributed by atoms with Gasteiger partial charge in [0, 0.05) is 12.4 Å². The Balaban J connectivity index is 0.000000449. The van der Waals surface area contributed by atoms with Crippen LogP contribution in [-0.4, -0.2) is 52.3 Å². The summed E-state index contributed by atoms with van der Waals surface area (Å²) in [6.45, 7) is 3.95. The Hall–Kier alpha value is -2.97. The maximum absolute atomic E-state index is 10.6. The average molecular weight is 341 g/mol. The number of carbonyl (C=O) groups is 4. The zero-order valence-corrected chi connectivity index (χ0v) is 13.3. The van der Waals surface area contributed by atoms with E-state index in [2.05, 4.69) is 14.5 Å². The predicted octanol–water partition coefficient (Wildman–Crippen LogP) is 0.837. The normalized spacial score (nSPS) is 9.46. The second-order valence-electron chi connectivity index (χ2n) is 4.18. The molecule has 132 valence electrons. The van der Waals surface area contributed by atoms with Gasteiger partial charge in [0.25, 0.3) is 0 Å². The highest BCUT2D eigenvalue weighted by Gasteiger charge is 2.27. The first-order valence-electron chi connectivity index (χ1n) is 7.00. The molecule has 24 heavy (non-hydrogen) atoms. The van der Waals surface area contributed by atoms with Crippen LogP contribution >= 0.6 is 0 Å². The van der Waals surface area contributed by atoms with Gasteiger partial charge in [-0.1, -0.05) is 0 Å². The molecule has 0 aromatic carbocycles. The SMILES string of the molecule is CCOC(=O)CC(=O)OCC.O=C(O)C(C(=O)O)c1ccncc1. The van der Waals surface area contributed by atoms with Crippen LogP contribution in [0.3, 0.4) is 0 Å². The average Bonchev–Trinajstić information content (AvgIpc) is 2.48. The number of hydrogen-bond acceptors (Lipinski definition) is 7. The summed E-state index contributed by atoms with van der Waals surface area (Å²) in [6.07, 6.45) is 2.42. The highest BCUT2D eigenvalue weighted by Crippen LogP contribution is 2.14. The van der Waals surface area contributed by atoms with Gasteiger partial charge in [0.1, 0.15) is 6.42 Å². The lowest BCUT2D eigenvalue weighted by atomic mass is 10.0. The van der Waals surface area contributed by atoms with Gasteiger partial charge in [-0.15, -0.1) is 0 Å². The molecule has 0 aliphatic rings. The topological polar surface area (TPSA) is 140 Å². The quantitative estimate of drug-likeness (QED) is 0.545. The van der Waals surface area contributed by atoms with Gasteiger partial charge in [0.2, 0.25) is 0 Å². The van der Waals surface area contributed by atoms with Crippen LogP contribution in [0.2, 0.25) is 0 Å². The molecule has 0 aliphatic heterocycles. The molecule has 0 amide bonds. The van der Waals surface area contributed by atoms with E-state index in [0.717, 1.165) is 0 Å². The Morgan fingerprint density at radius 1 is 0.958 bits per heavy atom. The van der Waals surface area contributed by atoms with Gasteiger partial charge in [-0.05, 0) is 31.5 Å². The minimum Gasteiger partial charge on any atom is -0.480 e. The van der Waals surface area contributed by atoms with E-state index >= 15 is 0 Å². The Morgan fingerprint density at radius 3 is 1.71 bits per heavy atom. The van der Waals surface area contributed by atoms with Crippen molar-refractivity contribution in [3.63, 3.8) is 0 Å². The lowest BCUT2D eigenvalue weighted by Gasteiger charge is -2.05. The Bertz CT molecular complexity index is 528. The molecule has 0 radical (unpaired) electrons. The summed E-state index contributed by atoms with van der Waals surface area (Å²) in [4.78, 5) is 46.0. The number of aromatic nitrogens is 1. The molecule has 0 aliphatic carbocycles. The number of esters is 2. The van der Waals surface area contributed by atoms with Crippen LogP contribution in [0.15, 0.2) is 24.5 Å². The van der Waals surface area contributed by atoms with Gasteiger partial charge >= 0.3 is 23.9 Å². The molecule has 0 saturated heterocycles. The monoisotopic (exact) mass is 341 g/mol. The van der Waals surface area contributed by atoms with E-state index in [1.165, 1.54) is 24.5 Å². The first-order valence-corrected chi connectivity index (χ1v) is 7.00. The summed E-state index contributed by atoms with van der Waals surface area (Å²) in [5.41, 5.74) is 0.218. The molecule has 1 rings (SSSR count). The number of hydrogen-bond donors (Lipinski definition) is 2. The smallest absolute Gasteiger partial charge is 0.322 e. The van der Waals surface area contributed by atoms with Crippen molar-refractivity contribution >= 4 is 23.9 Å². The standard InChI is InChI=1S/C8H7NO4.C7H12O4/c10-7(11)6(8(12)13)5-1-3-9-4-2-5;1-3-10-6(8)5-7(9)11-4-2/h1-4,6H,(H,10,11)(H,12,13);3-5H2,1-2H3. The van der Waals surface area contributed by atoms with E-state index < -0.39 is 29.8 Å². The van der Waals surface area contributed by atoms with E-state index in [-0.39, 0.29) is 25.2 Å². The molecule has 9 heteroatoms. The lowest BCUT2D eigenvalue weighted by molar-refractivity contribution is -0.154. The minimum atomic E-state index is -1.51. The lowest BCUT2D eigenvalue weighted by Crippen LogP contribution is -2.20. The zero-order valence-electron chi connectivity index (χ0n) is 13.3. The van der Waals surface area contributed by atoms with E-state index in [0.29, 0.717) is 0 Å². The summed E-state index contributed by atoms with van der Waals surface area (Å²) >= 11 is 0. The minimum absolute atomic E-state index is 0.218. The van der Waals surface area contributed by atoms with Gasteiger partial charge in [0.05, 0.1) is 13.2 Å². The molecule has 0 unspecified atom stereocenters. The van der Waals surface area contributed by atoms with Crippen LogP contribution in [0.25, 0.3) is 0 Å². The highest BCUT2D eigenvalue weighted by atomic mass is 16.6. The molecule has 1 aromatic heterocycles. The molecule has 9 nitrogen and oxygen atoms in total. The third-order valence-electron chi connectivity index (χ3n) is 2.43. The highest BCUT2D eigenvalue weighted by molar-refractivity contribution is 5.98. The Labute approximate surface area is 138 Å². The van der Waals surface area contributed by atoms with E-state index in [9.17, 15) is 19.2 Å². The van der Waals surface area contributed by atoms with Crippen LogP contribution in [0.4, 0.5) is 0 Å². The van der Waals surface area contributed by atoms with Crippen molar-refractivity contribution in [1.29, 1.82) is 0 Å². The van der Waals surface area contributed by atoms with Crippen LogP contribution in [-0.2, 0) is 28.7 Å². The van der Waals surface area contributed by atoms with Crippen LogP contribution in [0.1, 0.15) is 31.7 Å². The predicted molar refractivity (Wildman–Crippen MR) is 80.1 cm³/mol. The van der Waals surface area contributed by atoms with Crippen LogP contribution in [0, 0.1) is 0 Å². The Morgan fingerprint density at radius 2 is 1.38 bits per heavy atom. The number of nitrogens with zero attached hydrogens (tertiary/aromatic N) is 1. The van der Waals surface area contributed by atoms with E-state index in [1.807, 2.05) is 0 Å². The summed E-state index contributed by atoms with van der Waals surface area (Å²) < 4.78 is 9.04. The first kappa shape index (κ1) is 21.0. The molecule has 0 fully saturated rings. The van der Waals surface area contributed by atoms with Crippen LogP contribution in [0.5, 0.6) is 0 Å². The maximum Gasteiger partial charge on any atom is 0.322 e. The summed E-state index contributed by atoms with van der Waals surface area (Å²) in [5.74, 6) is -5.34.